The lowest BCUT2D eigenvalue weighted by molar-refractivity contribution is 0.281. The summed E-state index contributed by atoms with van der Waals surface area (Å²) in [6.07, 6.45) is 3.37. The fourth-order valence-electron chi connectivity index (χ4n) is 4.60. The average Bonchev–Trinajstić information content (AvgIpc) is 3.61. The summed E-state index contributed by atoms with van der Waals surface area (Å²) in [7, 11) is 4.13. The van der Waals surface area contributed by atoms with Crippen LogP contribution in [-0.4, -0.2) is 68.6 Å². The van der Waals surface area contributed by atoms with E-state index in [0.29, 0.717) is 24.6 Å². The molecule has 0 amide bonds. The summed E-state index contributed by atoms with van der Waals surface area (Å²) < 4.78 is 5.85. The standard InChI is InChI=1S/C31H33N9O/c1-40(2)18-5-19-41-24-14-10-22(11-15-24)28-38-27-29(33-20-34-30(27)39-28)32-17-16-21-8-12-23(13-9-21)35-31-36-25-6-3-4-7-26(25)37-31/h3-4,6-15,20H,5,16-19H2,1-2H3,(H2,35,36,37)(H2,32,33,34,38,39). The third-order valence-electron chi connectivity index (χ3n) is 6.74. The highest BCUT2D eigenvalue weighted by Crippen LogP contribution is 2.25. The second-order valence-corrected chi connectivity index (χ2v) is 10.1. The van der Waals surface area contributed by atoms with E-state index >= 15 is 0 Å². The molecular formula is C31H33N9O. The number of aromatic amines is 2. The Balaban J connectivity index is 1.04. The Morgan fingerprint density at radius 2 is 1.71 bits per heavy atom. The summed E-state index contributed by atoms with van der Waals surface area (Å²) in [5.41, 5.74) is 6.52. The smallest absolute Gasteiger partial charge is 0.205 e. The molecule has 4 N–H and O–H groups in total. The van der Waals surface area contributed by atoms with E-state index in [-0.39, 0.29) is 0 Å². The van der Waals surface area contributed by atoms with Crippen molar-refractivity contribution >= 4 is 39.7 Å². The van der Waals surface area contributed by atoms with Gasteiger partial charge in [0.15, 0.2) is 17.0 Å². The monoisotopic (exact) mass is 547 g/mol. The number of benzene rings is 3. The highest BCUT2D eigenvalue weighted by molar-refractivity contribution is 5.85. The highest BCUT2D eigenvalue weighted by atomic mass is 16.5. The fourth-order valence-corrected chi connectivity index (χ4v) is 4.60. The van der Waals surface area contributed by atoms with Crippen LogP contribution >= 0.6 is 0 Å². The van der Waals surface area contributed by atoms with Crippen LogP contribution in [0.25, 0.3) is 33.6 Å². The predicted molar refractivity (Wildman–Crippen MR) is 164 cm³/mol. The van der Waals surface area contributed by atoms with Gasteiger partial charge in [-0.25, -0.2) is 19.9 Å². The lowest BCUT2D eigenvalue weighted by atomic mass is 10.1. The van der Waals surface area contributed by atoms with Crippen molar-refractivity contribution in [2.24, 2.45) is 0 Å². The first-order chi connectivity index (χ1) is 20.1. The van der Waals surface area contributed by atoms with E-state index in [1.165, 1.54) is 5.56 Å². The molecule has 3 aromatic carbocycles. The molecule has 6 aromatic rings. The van der Waals surface area contributed by atoms with Crippen LogP contribution < -0.4 is 15.4 Å². The number of anilines is 3. The summed E-state index contributed by atoms with van der Waals surface area (Å²) in [4.78, 5) is 27.0. The minimum absolute atomic E-state index is 0.691. The van der Waals surface area contributed by atoms with Crippen molar-refractivity contribution in [3.8, 4) is 17.1 Å². The number of ether oxygens (including phenoxy) is 1. The zero-order valence-corrected chi connectivity index (χ0v) is 23.2. The van der Waals surface area contributed by atoms with E-state index in [2.05, 4.69) is 78.8 Å². The number of hydrogen-bond acceptors (Lipinski definition) is 8. The van der Waals surface area contributed by atoms with E-state index < -0.39 is 0 Å². The van der Waals surface area contributed by atoms with Gasteiger partial charge in [0, 0.05) is 24.3 Å². The molecule has 3 aromatic heterocycles. The van der Waals surface area contributed by atoms with Gasteiger partial charge in [-0.3, -0.25) is 0 Å². The average molecular weight is 548 g/mol. The van der Waals surface area contributed by atoms with Gasteiger partial charge >= 0.3 is 0 Å². The number of para-hydroxylation sites is 2. The van der Waals surface area contributed by atoms with Crippen molar-refractivity contribution < 1.29 is 4.74 Å². The lowest BCUT2D eigenvalue weighted by Gasteiger charge is -2.10. The molecule has 0 unspecified atom stereocenters. The van der Waals surface area contributed by atoms with E-state index in [1.54, 1.807) is 6.33 Å². The van der Waals surface area contributed by atoms with Gasteiger partial charge in [0.05, 0.1) is 17.6 Å². The zero-order valence-electron chi connectivity index (χ0n) is 23.2. The van der Waals surface area contributed by atoms with Gasteiger partial charge in [-0.15, -0.1) is 0 Å². The normalized spacial score (nSPS) is 11.4. The lowest BCUT2D eigenvalue weighted by Crippen LogP contribution is -2.15. The topological polar surface area (TPSA) is 120 Å². The first-order valence-corrected chi connectivity index (χ1v) is 13.7. The molecule has 0 aliphatic carbocycles. The van der Waals surface area contributed by atoms with Gasteiger partial charge in [0.1, 0.15) is 17.9 Å². The largest absolute Gasteiger partial charge is 0.494 e. The summed E-state index contributed by atoms with van der Waals surface area (Å²) in [6, 6.07) is 24.3. The van der Waals surface area contributed by atoms with E-state index in [1.807, 2.05) is 48.5 Å². The van der Waals surface area contributed by atoms with Gasteiger partial charge in [-0.2, -0.15) is 0 Å². The van der Waals surface area contributed by atoms with Crippen LogP contribution in [-0.2, 0) is 6.42 Å². The van der Waals surface area contributed by atoms with Gasteiger partial charge in [0.25, 0.3) is 0 Å². The Morgan fingerprint density at radius 3 is 2.51 bits per heavy atom. The fraction of sp³-hybridized carbons (Fsp3) is 0.226. The third-order valence-corrected chi connectivity index (χ3v) is 6.74. The summed E-state index contributed by atoms with van der Waals surface area (Å²) >= 11 is 0. The van der Waals surface area contributed by atoms with Crippen molar-refractivity contribution in [3.63, 3.8) is 0 Å². The van der Waals surface area contributed by atoms with Crippen LogP contribution in [0.1, 0.15) is 12.0 Å². The number of aromatic nitrogens is 6. The minimum atomic E-state index is 0.691. The second kappa shape index (κ2) is 12.1. The molecular weight excluding hydrogens is 514 g/mol. The first-order valence-electron chi connectivity index (χ1n) is 13.7. The quantitative estimate of drug-likeness (QED) is 0.146. The van der Waals surface area contributed by atoms with Crippen LogP contribution in [0.4, 0.5) is 17.5 Å². The molecule has 0 saturated carbocycles. The molecule has 6 rings (SSSR count). The summed E-state index contributed by atoms with van der Waals surface area (Å²) in [5.74, 6) is 3.03. The molecule has 41 heavy (non-hydrogen) atoms. The van der Waals surface area contributed by atoms with E-state index in [9.17, 15) is 0 Å². The zero-order chi connectivity index (χ0) is 28.0. The predicted octanol–water partition coefficient (Wildman–Crippen LogP) is 5.62. The Kier molecular flexibility index (Phi) is 7.72. The van der Waals surface area contributed by atoms with E-state index in [0.717, 1.165) is 64.7 Å². The number of imidazole rings is 2. The molecule has 0 saturated heterocycles. The molecule has 10 nitrogen and oxygen atoms in total. The van der Waals surface area contributed by atoms with Crippen LogP contribution in [0.15, 0.2) is 79.1 Å². The van der Waals surface area contributed by atoms with Crippen molar-refractivity contribution in [3.05, 3.63) is 84.7 Å². The van der Waals surface area contributed by atoms with Crippen LogP contribution in [0.5, 0.6) is 5.75 Å². The number of fused-ring (bicyclic) bond motifs is 2. The van der Waals surface area contributed by atoms with Crippen molar-refractivity contribution in [2.45, 2.75) is 12.8 Å². The molecule has 0 aliphatic heterocycles. The number of nitrogens with zero attached hydrogens (tertiary/aromatic N) is 5. The minimum Gasteiger partial charge on any atom is -0.494 e. The van der Waals surface area contributed by atoms with Crippen molar-refractivity contribution in [2.75, 3.05) is 44.4 Å². The number of nitrogens with one attached hydrogen (secondary N) is 4. The number of H-pyrrole nitrogens is 2. The van der Waals surface area contributed by atoms with Crippen LogP contribution in [0, 0.1) is 0 Å². The van der Waals surface area contributed by atoms with Crippen molar-refractivity contribution in [1.29, 1.82) is 0 Å². The third kappa shape index (κ3) is 6.44. The summed E-state index contributed by atoms with van der Waals surface area (Å²) in [6.45, 7) is 2.41. The maximum atomic E-state index is 5.85. The van der Waals surface area contributed by atoms with E-state index in [4.69, 9.17) is 9.72 Å². The van der Waals surface area contributed by atoms with Gasteiger partial charge in [-0.05, 0) is 81.0 Å². The molecule has 0 aliphatic rings. The van der Waals surface area contributed by atoms with Gasteiger partial charge < -0.3 is 30.2 Å². The molecule has 0 atom stereocenters. The van der Waals surface area contributed by atoms with Crippen molar-refractivity contribution in [1.82, 2.24) is 34.8 Å². The molecule has 0 bridgehead atoms. The maximum absolute atomic E-state index is 5.85. The Morgan fingerprint density at radius 1 is 0.878 bits per heavy atom. The maximum Gasteiger partial charge on any atom is 0.205 e. The van der Waals surface area contributed by atoms with Gasteiger partial charge in [0.2, 0.25) is 5.95 Å². The Bertz CT molecular complexity index is 1690. The number of hydrogen-bond donors (Lipinski definition) is 4. The summed E-state index contributed by atoms with van der Waals surface area (Å²) in [5, 5.41) is 6.77. The second-order valence-electron chi connectivity index (χ2n) is 10.1. The molecule has 10 heteroatoms. The SMILES string of the molecule is CN(C)CCCOc1ccc(-c2nc3c(NCCc4ccc(Nc5nc6ccccc6[nH]5)cc4)ncnc3[nH]2)cc1. The molecule has 208 valence electrons. The number of rotatable bonds is 12. The van der Waals surface area contributed by atoms with Crippen LogP contribution in [0.3, 0.4) is 0 Å². The van der Waals surface area contributed by atoms with Gasteiger partial charge in [-0.1, -0.05) is 24.3 Å². The highest BCUT2D eigenvalue weighted by Gasteiger charge is 2.11. The Hall–Kier alpha value is -4.96. The molecule has 3 heterocycles. The first kappa shape index (κ1) is 26.3. The molecule has 0 radical (unpaired) electrons. The molecule has 0 spiro atoms. The molecule has 0 fully saturated rings. The van der Waals surface area contributed by atoms with Crippen LogP contribution in [0.2, 0.25) is 0 Å². The Labute approximate surface area is 238 Å².